The summed E-state index contributed by atoms with van der Waals surface area (Å²) in [7, 11) is -2.77. The average Bonchev–Trinajstić information content (AvgIpc) is 2.83. The summed E-state index contributed by atoms with van der Waals surface area (Å²) in [4.78, 5) is 28.5. The first kappa shape index (κ1) is 26.4. The number of amides is 2. The minimum absolute atomic E-state index is 0.0438. The zero-order valence-electron chi connectivity index (χ0n) is 19.2. The van der Waals surface area contributed by atoms with Gasteiger partial charge in [-0.1, -0.05) is 29.8 Å². The molecule has 1 fully saturated rings. The second-order valence-electron chi connectivity index (χ2n) is 7.79. The molecule has 1 saturated heterocycles. The van der Waals surface area contributed by atoms with Gasteiger partial charge in [0.05, 0.1) is 16.3 Å². The summed E-state index contributed by atoms with van der Waals surface area (Å²) in [5, 5.41) is 6.14. The molecule has 1 aliphatic heterocycles. The zero-order valence-corrected chi connectivity index (χ0v) is 20.7. The Hall–Kier alpha value is -3.19. The monoisotopic (exact) mass is 524 g/mol. The van der Waals surface area contributed by atoms with Crippen molar-refractivity contribution in [3.63, 3.8) is 0 Å². The van der Waals surface area contributed by atoms with Crippen molar-refractivity contribution in [2.24, 2.45) is 10.9 Å². The van der Waals surface area contributed by atoms with Crippen LogP contribution < -0.4 is 21.3 Å². The molecule has 0 radical (unpaired) electrons. The molecule has 35 heavy (non-hydrogen) atoms. The highest BCUT2D eigenvalue weighted by atomic mass is 35.5. The molecule has 5 N–H and O–H groups in total. The molecule has 1 aliphatic rings. The predicted octanol–water partition coefficient (Wildman–Crippen LogP) is 1.24. The number of nitrogens with two attached hydrogens (primary N) is 2. The Morgan fingerprint density at radius 1 is 1.09 bits per heavy atom. The van der Waals surface area contributed by atoms with Crippen molar-refractivity contribution in [1.29, 1.82) is 0 Å². The number of piperazine rings is 1. The maximum atomic E-state index is 14.0. The number of nitrogens with zero attached hydrogens (tertiary/aromatic N) is 3. The molecule has 0 saturated carbocycles. The number of anilines is 1. The highest BCUT2D eigenvalue weighted by molar-refractivity contribution is 7.89. The van der Waals surface area contributed by atoms with Crippen molar-refractivity contribution >= 4 is 39.1 Å². The lowest BCUT2D eigenvalue weighted by atomic mass is 10.1. The molecule has 0 unspecified atom stereocenters. The van der Waals surface area contributed by atoms with Crippen LogP contribution in [0, 0.1) is 5.82 Å². The fourth-order valence-electron chi connectivity index (χ4n) is 3.70. The van der Waals surface area contributed by atoms with Crippen LogP contribution in [-0.4, -0.2) is 63.3 Å². The molecular formula is C22H26ClFN6O4S. The summed E-state index contributed by atoms with van der Waals surface area (Å²) < 4.78 is 37.2. The third kappa shape index (κ3) is 5.73. The number of nitrogens with one attached hydrogen (secondary N) is 1. The molecular weight excluding hydrogens is 499 g/mol. The number of hydrogen-bond donors (Lipinski definition) is 3. The Kier molecular flexibility index (Phi) is 8.00. The van der Waals surface area contributed by atoms with E-state index in [1.54, 1.807) is 38.2 Å². The standard InChI is InChI=1S/C22H26ClFN6O4S/c1-14(20(25)22(32)30(27-2)15-6-4-3-5-7-15)28-8-10-29(11-9-28)21(31)16-12-19(35(26,33)34)18(24)13-17(16)23/h3-7,12-13,27H,8-11,25H2,1-2H3,(H2,26,33,34)/b20-14-. The van der Waals surface area contributed by atoms with Gasteiger partial charge in [-0.05, 0) is 31.2 Å². The first-order valence-electron chi connectivity index (χ1n) is 10.5. The first-order chi connectivity index (χ1) is 16.5. The van der Waals surface area contributed by atoms with Gasteiger partial charge in [0.25, 0.3) is 11.8 Å². The fourth-order valence-corrected chi connectivity index (χ4v) is 4.54. The normalized spacial score (nSPS) is 15.0. The van der Waals surface area contributed by atoms with Gasteiger partial charge in [0.15, 0.2) is 0 Å². The van der Waals surface area contributed by atoms with Crippen LogP contribution in [0.5, 0.6) is 0 Å². The van der Waals surface area contributed by atoms with Crippen LogP contribution >= 0.6 is 11.6 Å². The second-order valence-corrected chi connectivity index (χ2v) is 9.72. The summed E-state index contributed by atoms with van der Waals surface area (Å²) in [6.45, 7) is 2.92. The maximum Gasteiger partial charge on any atom is 0.290 e. The number of carbonyl (C=O) groups excluding carboxylic acids is 2. The van der Waals surface area contributed by atoms with Crippen LogP contribution in [0.3, 0.4) is 0 Å². The number of carbonyl (C=O) groups is 2. The van der Waals surface area contributed by atoms with Crippen molar-refractivity contribution < 1.29 is 22.4 Å². The van der Waals surface area contributed by atoms with Gasteiger partial charge < -0.3 is 15.5 Å². The summed E-state index contributed by atoms with van der Waals surface area (Å²) in [6.07, 6.45) is 0. The molecule has 2 aromatic carbocycles. The van der Waals surface area contributed by atoms with Gasteiger partial charge in [0.2, 0.25) is 10.0 Å². The van der Waals surface area contributed by atoms with Crippen LogP contribution in [-0.2, 0) is 14.8 Å². The number of sulfonamides is 1. The molecule has 13 heteroatoms. The summed E-state index contributed by atoms with van der Waals surface area (Å²) in [5.74, 6) is -2.12. The van der Waals surface area contributed by atoms with Crippen molar-refractivity contribution in [2.75, 3.05) is 38.2 Å². The minimum atomic E-state index is -4.38. The van der Waals surface area contributed by atoms with E-state index in [-0.39, 0.29) is 29.4 Å². The molecule has 2 amide bonds. The van der Waals surface area contributed by atoms with Gasteiger partial charge in [-0.2, -0.15) is 0 Å². The minimum Gasteiger partial charge on any atom is -0.393 e. The van der Waals surface area contributed by atoms with E-state index in [4.69, 9.17) is 22.5 Å². The Bertz CT molecular complexity index is 1260. The molecule has 1 heterocycles. The van der Waals surface area contributed by atoms with E-state index < -0.39 is 32.6 Å². The van der Waals surface area contributed by atoms with E-state index in [2.05, 4.69) is 5.43 Å². The van der Waals surface area contributed by atoms with Gasteiger partial charge in [0.1, 0.15) is 16.4 Å². The number of allylic oxidation sites excluding steroid dienone is 1. The quantitative estimate of drug-likeness (QED) is 0.381. The van der Waals surface area contributed by atoms with Crippen LogP contribution in [0.2, 0.25) is 5.02 Å². The smallest absolute Gasteiger partial charge is 0.290 e. The third-order valence-corrected chi connectivity index (χ3v) is 6.90. The second kappa shape index (κ2) is 10.6. The molecule has 0 spiro atoms. The number of primary sulfonamides is 1. The van der Waals surface area contributed by atoms with Crippen molar-refractivity contribution in [1.82, 2.24) is 15.2 Å². The van der Waals surface area contributed by atoms with Crippen LogP contribution in [0.1, 0.15) is 17.3 Å². The SMILES string of the molecule is CNN(C(=O)/C(N)=C(\C)N1CCN(C(=O)c2cc(S(N)(=O)=O)c(F)cc2Cl)CC1)c1ccccc1. The lowest BCUT2D eigenvalue weighted by Crippen LogP contribution is -2.49. The van der Waals surface area contributed by atoms with Crippen LogP contribution in [0.15, 0.2) is 58.8 Å². The van der Waals surface area contributed by atoms with E-state index >= 15 is 0 Å². The first-order valence-corrected chi connectivity index (χ1v) is 12.5. The number of rotatable bonds is 6. The van der Waals surface area contributed by atoms with Gasteiger partial charge in [-0.25, -0.2) is 28.4 Å². The molecule has 10 nitrogen and oxygen atoms in total. The van der Waals surface area contributed by atoms with Crippen molar-refractivity contribution in [2.45, 2.75) is 11.8 Å². The average molecular weight is 525 g/mol. The number of hydrazine groups is 1. The predicted molar refractivity (Wildman–Crippen MR) is 130 cm³/mol. The highest BCUT2D eigenvalue weighted by Crippen LogP contribution is 2.25. The number of halogens is 2. The van der Waals surface area contributed by atoms with E-state index in [0.717, 1.165) is 12.1 Å². The Labute approximate surface area is 207 Å². The van der Waals surface area contributed by atoms with E-state index in [1.165, 1.54) is 9.91 Å². The lowest BCUT2D eigenvalue weighted by Gasteiger charge is -2.37. The Balaban J connectivity index is 1.74. The van der Waals surface area contributed by atoms with E-state index in [9.17, 15) is 22.4 Å². The molecule has 0 atom stereocenters. The highest BCUT2D eigenvalue weighted by Gasteiger charge is 2.28. The molecule has 3 rings (SSSR count). The maximum absolute atomic E-state index is 14.0. The summed E-state index contributed by atoms with van der Waals surface area (Å²) >= 11 is 6.01. The van der Waals surface area contributed by atoms with Gasteiger partial charge >= 0.3 is 0 Å². The van der Waals surface area contributed by atoms with Gasteiger partial charge in [-0.3, -0.25) is 9.59 Å². The summed E-state index contributed by atoms with van der Waals surface area (Å²) in [5.41, 5.74) is 10.1. The Morgan fingerprint density at radius 3 is 2.20 bits per heavy atom. The molecule has 2 aromatic rings. The molecule has 0 bridgehead atoms. The zero-order chi connectivity index (χ0) is 25.9. The van der Waals surface area contributed by atoms with Crippen molar-refractivity contribution in [3.8, 4) is 0 Å². The van der Waals surface area contributed by atoms with Crippen LogP contribution in [0.4, 0.5) is 10.1 Å². The van der Waals surface area contributed by atoms with E-state index in [1.807, 2.05) is 11.0 Å². The van der Waals surface area contributed by atoms with Gasteiger partial charge in [-0.15, -0.1) is 0 Å². The molecule has 0 aliphatic carbocycles. The molecule has 0 aromatic heterocycles. The summed E-state index contributed by atoms with van der Waals surface area (Å²) in [6, 6.07) is 10.6. The topological polar surface area (TPSA) is 142 Å². The lowest BCUT2D eigenvalue weighted by molar-refractivity contribution is -0.115. The molecule has 188 valence electrons. The van der Waals surface area contributed by atoms with Crippen molar-refractivity contribution in [3.05, 3.63) is 70.3 Å². The third-order valence-electron chi connectivity index (χ3n) is 5.66. The fraction of sp³-hybridized carbons (Fsp3) is 0.273. The number of benzene rings is 2. The number of hydrogen-bond acceptors (Lipinski definition) is 7. The van der Waals surface area contributed by atoms with Gasteiger partial charge in [0, 0.05) is 38.9 Å². The largest absolute Gasteiger partial charge is 0.393 e. The van der Waals surface area contributed by atoms with Crippen LogP contribution in [0.25, 0.3) is 0 Å². The Morgan fingerprint density at radius 2 is 1.66 bits per heavy atom. The number of para-hydroxylation sites is 1. The van der Waals surface area contributed by atoms with E-state index in [0.29, 0.717) is 24.5 Å².